The van der Waals surface area contributed by atoms with Crippen molar-refractivity contribution in [3.05, 3.63) is 138 Å². The first-order chi connectivity index (χ1) is 18.1. The summed E-state index contributed by atoms with van der Waals surface area (Å²) in [6.07, 6.45) is 0. The summed E-state index contributed by atoms with van der Waals surface area (Å²) in [6.45, 7) is 1.07. The molecule has 0 saturated heterocycles. The highest BCUT2D eigenvalue weighted by molar-refractivity contribution is 6.17. The molecule has 2 N–H and O–H groups in total. The molecule has 0 atom stereocenters. The van der Waals surface area contributed by atoms with Gasteiger partial charge in [-0.3, -0.25) is 19.5 Å². The molecule has 1 amide bonds. The van der Waals surface area contributed by atoms with Crippen molar-refractivity contribution in [2.75, 3.05) is 18.4 Å². The number of nitrogens with one attached hydrogen (secondary N) is 1. The second-order valence-electron chi connectivity index (χ2n) is 8.63. The van der Waals surface area contributed by atoms with E-state index in [1.165, 1.54) is 0 Å². The number of aliphatic carboxylic acids is 1. The van der Waals surface area contributed by atoms with E-state index in [1.807, 2.05) is 91.0 Å². The third-order valence-electron chi connectivity index (χ3n) is 5.74. The van der Waals surface area contributed by atoms with Crippen molar-refractivity contribution in [2.45, 2.75) is 13.1 Å². The molecule has 0 spiro atoms. The number of benzene rings is 4. The standard InChI is InChI=1S/C31H29N3O3/c35-29(23-34(21-24-12-4-1-5-13-24)22-25-14-6-2-7-15-25)33-28-19-11-10-18-27(28)31(32-20-30(36)37)26-16-8-3-9-17-26/h1-19H,20-23H2,(H,33,35)(H,36,37). The van der Waals surface area contributed by atoms with Gasteiger partial charge in [-0.25, -0.2) is 0 Å². The molecular weight excluding hydrogens is 462 g/mol. The summed E-state index contributed by atoms with van der Waals surface area (Å²) >= 11 is 0. The third kappa shape index (κ3) is 7.72. The Balaban J connectivity index is 1.57. The number of carbonyl (C=O) groups excluding carboxylic acids is 1. The van der Waals surface area contributed by atoms with Crippen LogP contribution in [0.5, 0.6) is 0 Å². The Morgan fingerprint density at radius 3 is 1.78 bits per heavy atom. The zero-order chi connectivity index (χ0) is 25.9. The molecule has 0 unspecified atom stereocenters. The molecule has 0 saturated carbocycles. The predicted molar refractivity (Wildman–Crippen MR) is 147 cm³/mol. The topological polar surface area (TPSA) is 82.0 Å². The smallest absolute Gasteiger partial charge is 0.325 e. The fourth-order valence-electron chi connectivity index (χ4n) is 4.12. The van der Waals surface area contributed by atoms with Gasteiger partial charge in [-0.15, -0.1) is 0 Å². The fraction of sp³-hybridized carbons (Fsp3) is 0.129. The van der Waals surface area contributed by atoms with E-state index in [2.05, 4.69) is 39.5 Å². The van der Waals surface area contributed by atoms with Crippen LogP contribution in [0, 0.1) is 0 Å². The summed E-state index contributed by atoms with van der Waals surface area (Å²) in [5.41, 5.74) is 4.79. The Morgan fingerprint density at radius 2 is 1.22 bits per heavy atom. The second-order valence-corrected chi connectivity index (χ2v) is 8.63. The largest absolute Gasteiger partial charge is 0.480 e. The minimum atomic E-state index is -1.02. The van der Waals surface area contributed by atoms with Gasteiger partial charge in [0, 0.05) is 24.2 Å². The first kappa shape index (κ1) is 25.5. The molecule has 4 aromatic rings. The molecular formula is C31H29N3O3. The summed E-state index contributed by atoms with van der Waals surface area (Å²) in [7, 11) is 0. The maximum absolute atomic E-state index is 13.3. The van der Waals surface area contributed by atoms with Crippen LogP contribution in [0.1, 0.15) is 22.3 Å². The van der Waals surface area contributed by atoms with Crippen molar-refractivity contribution >= 4 is 23.3 Å². The Hall–Kier alpha value is -4.55. The lowest BCUT2D eigenvalue weighted by molar-refractivity contribution is -0.135. The van der Waals surface area contributed by atoms with Crippen LogP contribution >= 0.6 is 0 Å². The summed E-state index contributed by atoms with van der Waals surface area (Å²) in [5, 5.41) is 12.3. The minimum Gasteiger partial charge on any atom is -0.480 e. The zero-order valence-corrected chi connectivity index (χ0v) is 20.5. The lowest BCUT2D eigenvalue weighted by Gasteiger charge is -2.23. The minimum absolute atomic E-state index is 0.162. The molecule has 4 rings (SSSR count). The van der Waals surface area contributed by atoms with Crippen molar-refractivity contribution in [3.8, 4) is 0 Å². The van der Waals surface area contributed by atoms with Crippen molar-refractivity contribution in [3.63, 3.8) is 0 Å². The average molecular weight is 492 g/mol. The molecule has 0 aliphatic rings. The van der Waals surface area contributed by atoms with Crippen LogP contribution < -0.4 is 5.32 Å². The predicted octanol–water partition coefficient (Wildman–Crippen LogP) is 5.25. The lowest BCUT2D eigenvalue weighted by atomic mass is 10.0. The van der Waals surface area contributed by atoms with Gasteiger partial charge in [-0.1, -0.05) is 109 Å². The quantitative estimate of drug-likeness (QED) is 0.281. The van der Waals surface area contributed by atoms with Crippen LogP contribution in [0.2, 0.25) is 0 Å². The summed E-state index contributed by atoms with van der Waals surface area (Å²) < 4.78 is 0. The Bertz CT molecular complexity index is 1300. The van der Waals surface area contributed by atoms with Gasteiger partial charge in [-0.2, -0.15) is 0 Å². The Labute approximate surface area is 216 Å². The molecule has 4 aromatic carbocycles. The van der Waals surface area contributed by atoms with Crippen LogP contribution in [-0.2, 0) is 22.7 Å². The third-order valence-corrected chi connectivity index (χ3v) is 5.74. The Morgan fingerprint density at radius 1 is 0.703 bits per heavy atom. The first-order valence-corrected chi connectivity index (χ1v) is 12.1. The maximum atomic E-state index is 13.3. The molecule has 186 valence electrons. The number of anilines is 1. The summed E-state index contributed by atoms with van der Waals surface area (Å²) in [4.78, 5) is 31.0. The lowest BCUT2D eigenvalue weighted by Crippen LogP contribution is -2.33. The normalized spacial score (nSPS) is 11.3. The zero-order valence-electron chi connectivity index (χ0n) is 20.5. The number of carboxylic acid groups (broad SMARTS) is 1. The SMILES string of the molecule is O=C(O)CN=C(c1ccccc1)c1ccccc1NC(=O)CN(Cc1ccccc1)Cc1ccccc1. The first-order valence-electron chi connectivity index (χ1n) is 12.1. The second kappa shape index (κ2) is 13.0. The molecule has 0 aliphatic heterocycles. The summed E-state index contributed by atoms with van der Waals surface area (Å²) in [5.74, 6) is -1.18. The van der Waals surface area contributed by atoms with Gasteiger partial charge in [0.05, 0.1) is 17.9 Å². The van der Waals surface area contributed by atoms with E-state index < -0.39 is 5.97 Å². The number of para-hydroxylation sites is 1. The van der Waals surface area contributed by atoms with Gasteiger partial charge in [0.2, 0.25) is 5.91 Å². The van der Waals surface area contributed by atoms with Gasteiger partial charge in [-0.05, 0) is 17.2 Å². The monoisotopic (exact) mass is 491 g/mol. The molecule has 37 heavy (non-hydrogen) atoms. The highest BCUT2D eigenvalue weighted by Gasteiger charge is 2.17. The van der Waals surface area contributed by atoms with Crippen molar-refractivity contribution in [2.24, 2.45) is 4.99 Å². The highest BCUT2D eigenvalue weighted by Crippen LogP contribution is 2.21. The number of amides is 1. The van der Waals surface area contributed by atoms with Gasteiger partial charge in [0.25, 0.3) is 0 Å². The van der Waals surface area contributed by atoms with E-state index in [4.69, 9.17) is 0 Å². The molecule has 0 bridgehead atoms. The van der Waals surface area contributed by atoms with Crippen LogP contribution in [0.4, 0.5) is 5.69 Å². The molecule has 0 radical (unpaired) electrons. The number of hydrogen-bond donors (Lipinski definition) is 2. The maximum Gasteiger partial charge on any atom is 0.325 e. The summed E-state index contributed by atoms with van der Waals surface area (Å²) in [6, 6.07) is 36.9. The number of carboxylic acids is 1. The molecule has 6 heteroatoms. The van der Waals surface area contributed by atoms with E-state index in [0.717, 1.165) is 16.7 Å². The van der Waals surface area contributed by atoms with E-state index in [0.29, 0.717) is 30.1 Å². The van der Waals surface area contributed by atoms with E-state index in [1.54, 1.807) is 0 Å². The number of nitrogens with zero attached hydrogens (tertiary/aromatic N) is 2. The van der Waals surface area contributed by atoms with Crippen LogP contribution in [0.15, 0.2) is 120 Å². The van der Waals surface area contributed by atoms with Crippen molar-refractivity contribution in [1.82, 2.24) is 4.90 Å². The van der Waals surface area contributed by atoms with Gasteiger partial charge < -0.3 is 10.4 Å². The molecule has 0 aromatic heterocycles. The number of aliphatic imine (C=N–C) groups is 1. The van der Waals surface area contributed by atoms with Gasteiger partial charge in [0.15, 0.2) is 0 Å². The van der Waals surface area contributed by atoms with E-state index >= 15 is 0 Å². The van der Waals surface area contributed by atoms with Crippen LogP contribution in [-0.4, -0.2) is 40.7 Å². The number of carbonyl (C=O) groups is 2. The van der Waals surface area contributed by atoms with Crippen molar-refractivity contribution in [1.29, 1.82) is 0 Å². The van der Waals surface area contributed by atoms with Gasteiger partial charge in [0.1, 0.15) is 6.54 Å². The molecule has 6 nitrogen and oxygen atoms in total. The van der Waals surface area contributed by atoms with Crippen molar-refractivity contribution < 1.29 is 14.7 Å². The molecule has 0 fully saturated rings. The molecule has 0 aliphatic carbocycles. The number of rotatable bonds is 11. The fourth-order valence-corrected chi connectivity index (χ4v) is 4.12. The van der Waals surface area contributed by atoms with E-state index in [9.17, 15) is 14.7 Å². The Kier molecular flexibility index (Phi) is 8.94. The van der Waals surface area contributed by atoms with Crippen LogP contribution in [0.25, 0.3) is 0 Å². The van der Waals surface area contributed by atoms with Crippen LogP contribution in [0.3, 0.4) is 0 Å². The molecule has 0 heterocycles. The number of hydrogen-bond acceptors (Lipinski definition) is 4. The average Bonchev–Trinajstić information content (AvgIpc) is 2.91. The highest BCUT2D eigenvalue weighted by atomic mass is 16.4. The van der Waals surface area contributed by atoms with Gasteiger partial charge >= 0.3 is 5.97 Å². The van der Waals surface area contributed by atoms with E-state index in [-0.39, 0.29) is 19.0 Å².